The maximum absolute atomic E-state index is 13.2. The topological polar surface area (TPSA) is 21.3 Å². The van der Waals surface area contributed by atoms with Crippen LogP contribution in [-0.4, -0.2) is 26.6 Å². The first kappa shape index (κ1) is 11.9. The molecule has 0 fully saturated rings. The number of ether oxygens (including phenoxy) is 1. The average Bonchev–Trinajstić information content (AvgIpc) is 2.18. The Morgan fingerprint density at radius 1 is 1.27 bits per heavy atom. The van der Waals surface area contributed by atoms with Crippen LogP contribution < -0.4 is 10.1 Å². The average molecular weight is 215 g/mol. The summed E-state index contributed by atoms with van der Waals surface area (Å²) in [6, 6.07) is 6.68. The minimum absolute atomic E-state index is 0.252. The van der Waals surface area contributed by atoms with Crippen molar-refractivity contribution in [2.24, 2.45) is 0 Å². The number of methoxy groups -OCH3 is 1. The number of benzene rings is 1. The lowest BCUT2D eigenvalue weighted by molar-refractivity contribution is 0.00449. The summed E-state index contributed by atoms with van der Waals surface area (Å²) < 4.78 is 31.3. The predicted molar refractivity (Wildman–Crippen MR) is 55.6 cm³/mol. The van der Waals surface area contributed by atoms with Gasteiger partial charge in [-0.3, -0.25) is 0 Å². The Labute approximate surface area is 88.3 Å². The van der Waals surface area contributed by atoms with Gasteiger partial charge in [0, 0.05) is 6.42 Å². The van der Waals surface area contributed by atoms with Crippen molar-refractivity contribution < 1.29 is 13.5 Å². The number of rotatable bonds is 5. The van der Waals surface area contributed by atoms with Crippen LogP contribution in [-0.2, 0) is 6.42 Å². The zero-order valence-electron chi connectivity index (χ0n) is 8.89. The van der Waals surface area contributed by atoms with E-state index in [4.69, 9.17) is 4.74 Å². The summed E-state index contributed by atoms with van der Waals surface area (Å²) in [5.41, 5.74) is 0.607. The van der Waals surface area contributed by atoms with Crippen LogP contribution in [0.15, 0.2) is 24.3 Å². The molecule has 1 aromatic carbocycles. The fraction of sp³-hybridized carbons (Fsp3) is 0.455. The molecule has 0 heterocycles. The molecule has 0 aliphatic rings. The molecular formula is C11H15F2NO. The number of halogens is 2. The van der Waals surface area contributed by atoms with Gasteiger partial charge in [-0.2, -0.15) is 0 Å². The third-order valence-electron chi connectivity index (χ3n) is 2.06. The quantitative estimate of drug-likeness (QED) is 0.812. The Hall–Kier alpha value is -1.16. The minimum atomic E-state index is -2.71. The molecule has 1 rings (SSSR count). The van der Waals surface area contributed by atoms with Crippen LogP contribution in [0.1, 0.15) is 5.56 Å². The predicted octanol–water partition coefficient (Wildman–Crippen LogP) is 2.09. The van der Waals surface area contributed by atoms with Crippen molar-refractivity contribution in [1.82, 2.24) is 5.32 Å². The van der Waals surface area contributed by atoms with Gasteiger partial charge in [-0.05, 0) is 24.7 Å². The highest BCUT2D eigenvalue weighted by Gasteiger charge is 2.27. The van der Waals surface area contributed by atoms with Crippen molar-refractivity contribution in [3.63, 3.8) is 0 Å². The van der Waals surface area contributed by atoms with E-state index in [-0.39, 0.29) is 13.0 Å². The first-order valence-electron chi connectivity index (χ1n) is 4.73. The van der Waals surface area contributed by atoms with Crippen LogP contribution >= 0.6 is 0 Å². The maximum atomic E-state index is 13.2. The zero-order valence-corrected chi connectivity index (χ0v) is 8.89. The highest BCUT2D eigenvalue weighted by atomic mass is 19.3. The van der Waals surface area contributed by atoms with Gasteiger partial charge in [-0.1, -0.05) is 12.1 Å². The Balaban J connectivity index is 2.64. The molecule has 2 nitrogen and oxygen atoms in total. The van der Waals surface area contributed by atoms with Crippen molar-refractivity contribution in [2.45, 2.75) is 12.3 Å². The fourth-order valence-electron chi connectivity index (χ4n) is 1.36. The second-order valence-electron chi connectivity index (χ2n) is 3.41. The summed E-state index contributed by atoms with van der Waals surface area (Å²) in [6.07, 6.45) is -0.252. The van der Waals surface area contributed by atoms with E-state index < -0.39 is 5.92 Å². The van der Waals surface area contributed by atoms with Crippen molar-refractivity contribution in [3.05, 3.63) is 29.8 Å². The molecule has 0 aromatic heterocycles. The van der Waals surface area contributed by atoms with Gasteiger partial charge in [0.15, 0.2) is 0 Å². The zero-order chi connectivity index (χ0) is 11.3. The third kappa shape index (κ3) is 3.83. The first-order valence-corrected chi connectivity index (χ1v) is 4.73. The second kappa shape index (κ2) is 5.07. The molecular weight excluding hydrogens is 200 g/mol. The number of hydrogen-bond donors (Lipinski definition) is 1. The van der Waals surface area contributed by atoms with E-state index in [9.17, 15) is 8.78 Å². The van der Waals surface area contributed by atoms with Crippen molar-refractivity contribution in [1.29, 1.82) is 0 Å². The standard InChI is InChI=1S/C11H15F2NO/c1-14-8-11(12,13)7-9-3-5-10(15-2)6-4-9/h3-6,14H,7-8H2,1-2H3. The molecule has 0 aliphatic heterocycles. The lowest BCUT2D eigenvalue weighted by Gasteiger charge is -2.15. The fourth-order valence-corrected chi connectivity index (χ4v) is 1.36. The van der Waals surface area contributed by atoms with E-state index in [1.165, 1.54) is 7.05 Å². The largest absolute Gasteiger partial charge is 0.497 e. The highest BCUT2D eigenvalue weighted by molar-refractivity contribution is 5.27. The molecule has 1 aromatic rings. The first-order chi connectivity index (χ1) is 7.07. The Morgan fingerprint density at radius 3 is 2.33 bits per heavy atom. The third-order valence-corrected chi connectivity index (χ3v) is 2.06. The Bertz CT molecular complexity index is 298. The molecule has 0 bridgehead atoms. The smallest absolute Gasteiger partial charge is 0.264 e. The van der Waals surface area contributed by atoms with Crippen LogP contribution in [0.3, 0.4) is 0 Å². The van der Waals surface area contributed by atoms with Crippen molar-refractivity contribution in [2.75, 3.05) is 20.7 Å². The van der Waals surface area contributed by atoms with Crippen LogP contribution in [0.25, 0.3) is 0 Å². The molecule has 84 valence electrons. The lowest BCUT2D eigenvalue weighted by atomic mass is 10.1. The second-order valence-corrected chi connectivity index (χ2v) is 3.41. The van der Waals surface area contributed by atoms with Gasteiger partial charge in [0.25, 0.3) is 5.92 Å². The Kier molecular flexibility index (Phi) is 4.03. The number of nitrogens with one attached hydrogen (secondary N) is 1. The maximum Gasteiger partial charge on any atom is 0.264 e. The van der Waals surface area contributed by atoms with E-state index >= 15 is 0 Å². The van der Waals surface area contributed by atoms with Crippen LogP contribution in [0, 0.1) is 0 Å². The Morgan fingerprint density at radius 2 is 1.87 bits per heavy atom. The SMILES string of the molecule is CNCC(F)(F)Cc1ccc(OC)cc1. The van der Waals surface area contributed by atoms with Gasteiger partial charge in [0.1, 0.15) is 5.75 Å². The lowest BCUT2D eigenvalue weighted by Crippen LogP contribution is -2.32. The van der Waals surface area contributed by atoms with E-state index in [1.54, 1.807) is 31.4 Å². The highest BCUT2D eigenvalue weighted by Crippen LogP contribution is 2.20. The van der Waals surface area contributed by atoms with E-state index in [1.807, 2.05) is 0 Å². The van der Waals surface area contributed by atoms with Gasteiger partial charge >= 0.3 is 0 Å². The normalized spacial score (nSPS) is 11.5. The minimum Gasteiger partial charge on any atom is -0.497 e. The molecule has 4 heteroatoms. The summed E-state index contributed by atoms with van der Waals surface area (Å²) in [4.78, 5) is 0. The van der Waals surface area contributed by atoms with Gasteiger partial charge in [0.05, 0.1) is 13.7 Å². The summed E-state index contributed by atoms with van der Waals surface area (Å²) >= 11 is 0. The van der Waals surface area contributed by atoms with E-state index in [2.05, 4.69) is 5.32 Å². The van der Waals surface area contributed by atoms with Crippen LogP contribution in [0.2, 0.25) is 0 Å². The molecule has 0 saturated carbocycles. The summed E-state index contributed by atoms with van der Waals surface area (Å²) in [7, 11) is 3.06. The summed E-state index contributed by atoms with van der Waals surface area (Å²) in [6.45, 7) is -0.307. The summed E-state index contributed by atoms with van der Waals surface area (Å²) in [5.74, 6) is -2.03. The summed E-state index contributed by atoms with van der Waals surface area (Å²) in [5, 5.41) is 2.48. The van der Waals surface area contributed by atoms with Crippen molar-refractivity contribution in [3.8, 4) is 5.75 Å². The molecule has 1 N–H and O–H groups in total. The number of alkyl halides is 2. The molecule has 0 unspecified atom stereocenters. The number of hydrogen-bond acceptors (Lipinski definition) is 2. The molecule has 0 aliphatic carbocycles. The van der Waals surface area contributed by atoms with Gasteiger partial charge in [-0.25, -0.2) is 8.78 Å². The van der Waals surface area contributed by atoms with Gasteiger partial charge in [-0.15, -0.1) is 0 Å². The molecule has 15 heavy (non-hydrogen) atoms. The molecule has 0 radical (unpaired) electrons. The van der Waals surface area contributed by atoms with Gasteiger partial charge < -0.3 is 10.1 Å². The van der Waals surface area contributed by atoms with E-state index in [0.717, 1.165) is 0 Å². The molecule has 0 saturated heterocycles. The monoisotopic (exact) mass is 215 g/mol. The molecule has 0 amide bonds. The van der Waals surface area contributed by atoms with E-state index in [0.29, 0.717) is 11.3 Å². The molecule has 0 atom stereocenters. The van der Waals surface area contributed by atoms with Gasteiger partial charge in [0.2, 0.25) is 0 Å². The molecule has 0 spiro atoms. The van der Waals surface area contributed by atoms with Crippen LogP contribution in [0.5, 0.6) is 5.75 Å². The van der Waals surface area contributed by atoms with Crippen LogP contribution in [0.4, 0.5) is 8.78 Å². The van der Waals surface area contributed by atoms with Crippen molar-refractivity contribution >= 4 is 0 Å².